The van der Waals surface area contributed by atoms with Crippen molar-refractivity contribution in [2.45, 2.75) is 44.9 Å². The van der Waals surface area contributed by atoms with Crippen molar-refractivity contribution in [3.8, 4) is 0 Å². The van der Waals surface area contributed by atoms with Crippen LogP contribution in [0.25, 0.3) is 0 Å². The number of non-ortho nitro benzene ring substituents is 1. The van der Waals surface area contributed by atoms with E-state index in [9.17, 15) is 10.1 Å². The second-order valence-electron chi connectivity index (χ2n) is 8.37. The van der Waals surface area contributed by atoms with Gasteiger partial charge in [-0.2, -0.15) is 0 Å². The van der Waals surface area contributed by atoms with Crippen LogP contribution in [0.15, 0.2) is 29.3 Å². The van der Waals surface area contributed by atoms with Gasteiger partial charge in [-0.1, -0.05) is 12.1 Å². The normalized spacial score (nSPS) is 20.2. The van der Waals surface area contributed by atoms with E-state index in [2.05, 4.69) is 29.4 Å². The molecule has 1 atom stereocenters. The second-order valence-corrected chi connectivity index (χ2v) is 8.37. The summed E-state index contributed by atoms with van der Waals surface area (Å²) in [6.45, 7) is 10.5. The third-order valence-electron chi connectivity index (χ3n) is 5.64. The average Bonchev–Trinajstić information content (AvgIpc) is 3.28. The Hall–Kier alpha value is -1.50. The maximum atomic E-state index is 10.8. The Bertz CT molecular complexity index is 717. The van der Waals surface area contributed by atoms with Crippen molar-refractivity contribution >= 4 is 35.6 Å². The third-order valence-corrected chi connectivity index (χ3v) is 5.64. The van der Waals surface area contributed by atoms with Gasteiger partial charge in [-0.05, 0) is 32.3 Å². The van der Waals surface area contributed by atoms with E-state index in [0.717, 1.165) is 63.8 Å². The van der Waals surface area contributed by atoms with Crippen LogP contribution in [0.3, 0.4) is 0 Å². The van der Waals surface area contributed by atoms with Crippen LogP contribution in [-0.4, -0.2) is 73.4 Å². The van der Waals surface area contributed by atoms with Gasteiger partial charge in [-0.25, -0.2) is 4.99 Å². The molecule has 0 saturated carbocycles. The van der Waals surface area contributed by atoms with Gasteiger partial charge in [-0.15, -0.1) is 24.0 Å². The Kier molecular flexibility index (Phi) is 10.4. The molecule has 2 aliphatic rings. The number of rotatable bonds is 8. The molecule has 2 saturated heterocycles. The number of nitro benzene ring substituents is 1. The zero-order chi connectivity index (χ0) is 21.4. The zero-order valence-electron chi connectivity index (χ0n) is 18.3. The molecule has 0 aliphatic carbocycles. The summed E-state index contributed by atoms with van der Waals surface area (Å²) in [4.78, 5) is 17.6. The first-order valence-electron chi connectivity index (χ1n) is 10.6. The maximum Gasteiger partial charge on any atom is 0.269 e. The summed E-state index contributed by atoms with van der Waals surface area (Å²) in [5.74, 6) is 0.727. The maximum absolute atomic E-state index is 10.8. The summed E-state index contributed by atoms with van der Waals surface area (Å²) in [5.41, 5.74) is 0.972. The summed E-state index contributed by atoms with van der Waals surface area (Å²) in [6, 6.07) is 6.52. The Balaban J connectivity index is 0.00000341. The minimum atomic E-state index is -0.392. The number of hydrogen-bond acceptors (Lipinski definition) is 6. The van der Waals surface area contributed by atoms with Crippen molar-refractivity contribution in [3.63, 3.8) is 0 Å². The van der Waals surface area contributed by atoms with Crippen LogP contribution >= 0.6 is 24.0 Å². The lowest BCUT2D eigenvalue weighted by Gasteiger charge is -2.41. The highest BCUT2D eigenvalue weighted by Crippen LogP contribution is 2.16. The van der Waals surface area contributed by atoms with Crippen molar-refractivity contribution in [1.29, 1.82) is 0 Å². The molecule has 0 amide bonds. The van der Waals surface area contributed by atoms with Crippen LogP contribution in [0.1, 0.15) is 32.3 Å². The summed E-state index contributed by atoms with van der Waals surface area (Å²) in [6.07, 6.45) is 2.37. The van der Waals surface area contributed by atoms with E-state index in [4.69, 9.17) is 14.5 Å². The fourth-order valence-electron chi connectivity index (χ4n) is 3.66. The van der Waals surface area contributed by atoms with Crippen molar-refractivity contribution < 1.29 is 14.4 Å². The van der Waals surface area contributed by atoms with Gasteiger partial charge in [0, 0.05) is 50.5 Å². The highest BCUT2D eigenvalue weighted by molar-refractivity contribution is 14.0. The van der Waals surface area contributed by atoms with Crippen molar-refractivity contribution in [2.24, 2.45) is 4.99 Å². The van der Waals surface area contributed by atoms with Crippen LogP contribution in [0, 0.1) is 10.1 Å². The summed E-state index contributed by atoms with van der Waals surface area (Å²) in [7, 11) is 0. The molecule has 10 heteroatoms. The second kappa shape index (κ2) is 12.5. The highest BCUT2D eigenvalue weighted by atomic mass is 127. The molecule has 0 spiro atoms. The standard InChI is InChI=1S/C21H33N5O4.HI/c1-21(2,25-9-12-29-13-10-25)16-24-20(23-15-19-4-3-11-30-19)22-14-17-5-7-18(8-6-17)26(27)28;/h5-8,19H,3-4,9-16H2,1-2H3,(H2,22,23,24);1H. The fourth-order valence-corrected chi connectivity index (χ4v) is 3.66. The number of guanidine groups is 1. The van der Waals surface area contributed by atoms with E-state index in [1.807, 2.05) is 0 Å². The minimum Gasteiger partial charge on any atom is -0.379 e. The van der Waals surface area contributed by atoms with Gasteiger partial charge in [0.05, 0.1) is 30.8 Å². The van der Waals surface area contributed by atoms with E-state index < -0.39 is 4.92 Å². The third kappa shape index (κ3) is 8.17. The van der Waals surface area contributed by atoms with E-state index in [0.29, 0.717) is 13.1 Å². The SMILES string of the molecule is CC(C)(CNC(=NCc1ccc([N+](=O)[O-])cc1)NCC1CCCO1)N1CCOCC1.I. The molecule has 3 rings (SSSR count). The molecule has 2 aliphatic heterocycles. The molecule has 0 bridgehead atoms. The molecular weight excluding hydrogens is 513 g/mol. The predicted octanol–water partition coefficient (Wildman–Crippen LogP) is 2.54. The van der Waals surface area contributed by atoms with Crippen molar-refractivity contribution in [1.82, 2.24) is 15.5 Å². The molecule has 1 unspecified atom stereocenters. The number of aliphatic imine (C=N–C) groups is 1. The summed E-state index contributed by atoms with van der Waals surface area (Å²) >= 11 is 0. The van der Waals surface area contributed by atoms with Crippen LogP contribution in [0.4, 0.5) is 5.69 Å². The number of hydrogen-bond donors (Lipinski definition) is 2. The zero-order valence-corrected chi connectivity index (χ0v) is 20.7. The Morgan fingerprint density at radius 2 is 1.94 bits per heavy atom. The molecule has 0 aromatic heterocycles. The van der Waals surface area contributed by atoms with Gasteiger partial charge < -0.3 is 20.1 Å². The summed E-state index contributed by atoms with van der Waals surface area (Å²) < 4.78 is 11.2. The van der Waals surface area contributed by atoms with E-state index in [1.165, 1.54) is 12.1 Å². The first kappa shape index (κ1) is 25.8. The molecule has 2 heterocycles. The predicted molar refractivity (Wildman–Crippen MR) is 131 cm³/mol. The number of ether oxygens (including phenoxy) is 2. The molecule has 2 N–H and O–H groups in total. The molecule has 31 heavy (non-hydrogen) atoms. The topological polar surface area (TPSA) is 101 Å². The number of halogens is 1. The minimum absolute atomic E-state index is 0. The van der Waals surface area contributed by atoms with Gasteiger partial charge in [0.25, 0.3) is 5.69 Å². The molecule has 0 radical (unpaired) electrons. The fraction of sp³-hybridized carbons (Fsp3) is 0.667. The lowest BCUT2D eigenvalue weighted by atomic mass is 10.0. The number of morpholine rings is 1. The van der Waals surface area contributed by atoms with Crippen molar-refractivity contribution in [3.05, 3.63) is 39.9 Å². The first-order chi connectivity index (χ1) is 14.4. The molecule has 1 aromatic carbocycles. The molecule has 1 aromatic rings. The number of nitro groups is 1. The largest absolute Gasteiger partial charge is 0.379 e. The van der Waals surface area contributed by atoms with E-state index >= 15 is 0 Å². The first-order valence-corrected chi connectivity index (χ1v) is 10.6. The van der Waals surface area contributed by atoms with Crippen LogP contribution in [0.2, 0.25) is 0 Å². The number of nitrogens with one attached hydrogen (secondary N) is 2. The van der Waals surface area contributed by atoms with Crippen LogP contribution < -0.4 is 10.6 Å². The molecule has 9 nitrogen and oxygen atoms in total. The molecule has 174 valence electrons. The average molecular weight is 547 g/mol. The molecule has 2 fully saturated rings. The highest BCUT2D eigenvalue weighted by Gasteiger charge is 2.28. The van der Waals surface area contributed by atoms with Crippen LogP contribution in [0.5, 0.6) is 0 Å². The van der Waals surface area contributed by atoms with Gasteiger partial charge in [0.2, 0.25) is 0 Å². The Morgan fingerprint density at radius 3 is 2.55 bits per heavy atom. The van der Waals surface area contributed by atoms with Crippen molar-refractivity contribution in [2.75, 3.05) is 46.0 Å². The monoisotopic (exact) mass is 547 g/mol. The van der Waals surface area contributed by atoms with Crippen LogP contribution in [-0.2, 0) is 16.0 Å². The Labute approximate surface area is 201 Å². The van der Waals surface area contributed by atoms with Gasteiger partial charge in [0.15, 0.2) is 5.96 Å². The van der Waals surface area contributed by atoms with Gasteiger partial charge in [0.1, 0.15) is 0 Å². The quantitative estimate of drug-likeness (QED) is 0.170. The Morgan fingerprint density at radius 1 is 1.23 bits per heavy atom. The lowest BCUT2D eigenvalue weighted by molar-refractivity contribution is -0.384. The van der Waals surface area contributed by atoms with Gasteiger partial charge in [-0.3, -0.25) is 15.0 Å². The van der Waals surface area contributed by atoms with E-state index in [-0.39, 0.29) is 41.3 Å². The van der Waals surface area contributed by atoms with Gasteiger partial charge >= 0.3 is 0 Å². The number of benzene rings is 1. The smallest absolute Gasteiger partial charge is 0.269 e. The van der Waals surface area contributed by atoms with E-state index in [1.54, 1.807) is 12.1 Å². The molecular formula is C21H34IN5O4. The summed E-state index contributed by atoms with van der Waals surface area (Å²) in [5, 5.41) is 17.7. The lowest BCUT2D eigenvalue weighted by Crippen LogP contribution is -2.56. The number of nitrogens with zero attached hydrogens (tertiary/aromatic N) is 3.